The molecule has 1 aromatic rings. The number of nitrogens with one attached hydrogen (secondary N) is 1. The Kier molecular flexibility index (Phi) is 4.51. The summed E-state index contributed by atoms with van der Waals surface area (Å²) in [6.45, 7) is 9.27. The molecule has 2 rings (SSSR count). The first-order chi connectivity index (χ1) is 9.09. The van der Waals surface area contributed by atoms with E-state index in [1.807, 2.05) is 0 Å². The summed E-state index contributed by atoms with van der Waals surface area (Å²) in [4.78, 5) is 0. The van der Waals surface area contributed by atoms with Crippen molar-refractivity contribution in [3.63, 3.8) is 0 Å². The molecule has 0 radical (unpaired) electrons. The van der Waals surface area contributed by atoms with Crippen LogP contribution in [-0.4, -0.2) is 20.2 Å². The van der Waals surface area contributed by atoms with Crippen LogP contribution in [0.4, 0.5) is 0 Å². The quantitative estimate of drug-likeness (QED) is 0.895. The van der Waals surface area contributed by atoms with Gasteiger partial charge in [0.1, 0.15) is 5.75 Å². The smallest absolute Gasteiger partial charge is 0.122 e. The van der Waals surface area contributed by atoms with Gasteiger partial charge in [0, 0.05) is 0 Å². The number of methoxy groups -OCH3 is 1. The molecule has 2 heteroatoms. The minimum absolute atomic E-state index is 0.226. The second-order valence-corrected chi connectivity index (χ2v) is 6.15. The first-order valence-corrected chi connectivity index (χ1v) is 7.47. The Morgan fingerprint density at radius 3 is 2.74 bits per heavy atom. The van der Waals surface area contributed by atoms with Crippen molar-refractivity contribution in [3.8, 4) is 5.75 Å². The lowest BCUT2D eigenvalue weighted by molar-refractivity contribution is 0.251. The first-order valence-electron chi connectivity index (χ1n) is 7.47. The molecular formula is C17H27NO. The van der Waals surface area contributed by atoms with Crippen LogP contribution in [0.3, 0.4) is 0 Å². The molecule has 19 heavy (non-hydrogen) atoms. The third-order valence-electron chi connectivity index (χ3n) is 4.72. The standard InChI is InChI=1S/C17H27NO/c1-5-13-11-14(8-9-16(13)19-4)17(2,3)15-7-6-10-18-12-15/h8-9,11,15,18H,5-7,10,12H2,1-4H3. The zero-order valence-electron chi connectivity index (χ0n) is 12.8. The van der Waals surface area contributed by atoms with E-state index in [9.17, 15) is 0 Å². The highest BCUT2D eigenvalue weighted by Crippen LogP contribution is 2.37. The van der Waals surface area contributed by atoms with Gasteiger partial charge in [-0.05, 0) is 60.9 Å². The second kappa shape index (κ2) is 5.96. The van der Waals surface area contributed by atoms with E-state index in [2.05, 4.69) is 44.3 Å². The number of piperidine rings is 1. The van der Waals surface area contributed by atoms with Gasteiger partial charge >= 0.3 is 0 Å². The fourth-order valence-electron chi connectivity index (χ4n) is 3.16. The van der Waals surface area contributed by atoms with Gasteiger partial charge in [-0.3, -0.25) is 0 Å². The summed E-state index contributed by atoms with van der Waals surface area (Å²) < 4.78 is 5.44. The molecule has 0 saturated carbocycles. The normalized spacial score (nSPS) is 20.3. The molecule has 1 atom stereocenters. The molecule has 0 aromatic heterocycles. The van der Waals surface area contributed by atoms with Crippen molar-refractivity contribution in [1.29, 1.82) is 0 Å². The second-order valence-electron chi connectivity index (χ2n) is 6.15. The highest BCUT2D eigenvalue weighted by molar-refractivity contribution is 5.40. The SMILES string of the molecule is CCc1cc(C(C)(C)C2CCCNC2)ccc1OC. The predicted octanol–water partition coefficient (Wildman–Crippen LogP) is 3.53. The number of rotatable bonds is 4. The van der Waals surface area contributed by atoms with Crippen LogP contribution in [0.25, 0.3) is 0 Å². The third kappa shape index (κ3) is 2.94. The van der Waals surface area contributed by atoms with Gasteiger partial charge in [0.25, 0.3) is 0 Å². The number of aryl methyl sites for hydroxylation is 1. The Morgan fingerprint density at radius 1 is 1.37 bits per heavy atom. The summed E-state index contributed by atoms with van der Waals surface area (Å²) in [5.74, 6) is 1.74. The molecule has 1 N–H and O–H groups in total. The maximum Gasteiger partial charge on any atom is 0.122 e. The summed E-state index contributed by atoms with van der Waals surface area (Å²) >= 11 is 0. The van der Waals surface area contributed by atoms with Gasteiger partial charge < -0.3 is 10.1 Å². The fourth-order valence-corrected chi connectivity index (χ4v) is 3.16. The zero-order chi connectivity index (χ0) is 13.9. The van der Waals surface area contributed by atoms with Crippen molar-refractivity contribution in [1.82, 2.24) is 5.32 Å². The van der Waals surface area contributed by atoms with Crippen LogP contribution in [0.15, 0.2) is 18.2 Å². The van der Waals surface area contributed by atoms with Crippen molar-refractivity contribution in [2.45, 2.75) is 45.4 Å². The predicted molar refractivity (Wildman–Crippen MR) is 81.0 cm³/mol. The molecule has 1 aliphatic rings. The highest BCUT2D eigenvalue weighted by Gasteiger charge is 2.32. The monoisotopic (exact) mass is 261 g/mol. The van der Waals surface area contributed by atoms with Crippen molar-refractivity contribution in [2.24, 2.45) is 5.92 Å². The highest BCUT2D eigenvalue weighted by atomic mass is 16.5. The van der Waals surface area contributed by atoms with E-state index < -0.39 is 0 Å². The molecule has 1 fully saturated rings. The van der Waals surface area contributed by atoms with Crippen molar-refractivity contribution >= 4 is 0 Å². The van der Waals surface area contributed by atoms with Gasteiger partial charge in [0.05, 0.1) is 7.11 Å². The van der Waals surface area contributed by atoms with E-state index in [-0.39, 0.29) is 5.41 Å². The molecule has 1 aromatic carbocycles. The minimum atomic E-state index is 0.226. The molecule has 1 saturated heterocycles. The van der Waals surface area contributed by atoms with Crippen LogP contribution in [-0.2, 0) is 11.8 Å². The van der Waals surface area contributed by atoms with Crippen molar-refractivity contribution in [2.75, 3.05) is 20.2 Å². The lowest BCUT2D eigenvalue weighted by Gasteiger charge is -2.38. The zero-order valence-corrected chi connectivity index (χ0v) is 12.8. The molecule has 0 spiro atoms. The molecule has 106 valence electrons. The van der Waals surface area contributed by atoms with Crippen LogP contribution in [0.1, 0.15) is 44.7 Å². The molecule has 1 unspecified atom stereocenters. The summed E-state index contributed by atoms with van der Waals surface area (Å²) in [6, 6.07) is 6.71. The molecule has 0 aliphatic carbocycles. The minimum Gasteiger partial charge on any atom is -0.496 e. The van der Waals surface area contributed by atoms with Gasteiger partial charge in [0.15, 0.2) is 0 Å². The number of hydrogen-bond donors (Lipinski definition) is 1. The van der Waals surface area contributed by atoms with Gasteiger partial charge in [-0.2, -0.15) is 0 Å². The molecule has 1 aliphatic heterocycles. The summed E-state index contributed by atoms with van der Waals surface area (Å²) in [7, 11) is 1.75. The van der Waals surface area contributed by atoms with Crippen LogP contribution in [0.5, 0.6) is 5.75 Å². The number of ether oxygens (including phenoxy) is 1. The summed E-state index contributed by atoms with van der Waals surface area (Å²) in [5.41, 5.74) is 2.99. The van der Waals surface area contributed by atoms with Gasteiger partial charge in [0.2, 0.25) is 0 Å². The average molecular weight is 261 g/mol. The maximum absolute atomic E-state index is 5.44. The van der Waals surface area contributed by atoms with E-state index in [4.69, 9.17) is 4.74 Å². The lowest BCUT2D eigenvalue weighted by atomic mass is 9.70. The van der Waals surface area contributed by atoms with Crippen LogP contribution < -0.4 is 10.1 Å². The lowest BCUT2D eigenvalue weighted by Crippen LogP contribution is -2.40. The van der Waals surface area contributed by atoms with E-state index >= 15 is 0 Å². The Balaban J connectivity index is 2.28. The largest absolute Gasteiger partial charge is 0.496 e. The Bertz CT molecular complexity index is 419. The molecule has 1 heterocycles. The van der Waals surface area contributed by atoms with Crippen LogP contribution >= 0.6 is 0 Å². The number of benzene rings is 1. The first kappa shape index (κ1) is 14.4. The maximum atomic E-state index is 5.44. The van der Waals surface area contributed by atoms with Crippen molar-refractivity contribution in [3.05, 3.63) is 29.3 Å². The van der Waals surface area contributed by atoms with Gasteiger partial charge in [-0.1, -0.05) is 32.9 Å². The third-order valence-corrected chi connectivity index (χ3v) is 4.72. The van der Waals surface area contributed by atoms with E-state index in [1.54, 1.807) is 7.11 Å². The van der Waals surface area contributed by atoms with E-state index in [0.717, 1.165) is 24.6 Å². The van der Waals surface area contributed by atoms with Crippen LogP contribution in [0, 0.1) is 5.92 Å². The van der Waals surface area contributed by atoms with Crippen LogP contribution in [0.2, 0.25) is 0 Å². The van der Waals surface area contributed by atoms with Gasteiger partial charge in [-0.15, -0.1) is 0 Å². The summed E-state index contributed by atoms with van der Waals surface area (Å²) in [6.07, 6.45) is 3.65. The fraction of sp³-hybridized carbons (Fsp3) is 0.647. The Morgan fingerprint density at radius 2 is 2.16 bits per heavy atom. The average Bonchev–Trinajstić information content (AvgIpc) is 2.47. The molecule has 2 nitrogen and oxygen atoms in total. The topological polar surface area (TPSA) is 21.3 Å². The molecule has 0 bridgehead atoms. The summed E-state index contributed by atoms with van der Waals surface area (Å²) in [5, 5.41) is 3.54. The molecule has 0 amide bonds. The molecular weight excluding hydrogens is 234 g/mol. The Hall–Kier alpha value is -1.02. The van der Waals surface area contributed by atoms with E-state index in [0.29, 0.717) is 0 Å². The van der Waals surface area contributed by atoms with Gasteiger partial charge in [-0.25, -0.2) is 0 Å². The van der Waals surface area contributed by atoms with Crippen molar-refractivity contribution < 1.29 is 4.74 Å². The number of hydrogen-bond acceptors (Lipinski definition) is 2. The van der Waals surface area contributed by atoms with E-state index in [1.165, 1.54) is 30.5 Å². The Labute approximate surface area is 117 Å².